The Bertz CT molecular complexity index is 526. The molecule has 0 atom stereocenters. The zero-order valence-corrected chi connectivity index (χ0v) is 13.0. The van der Waals surface area contributed by atoms with Gasteiger partial charge in [0.1, 0.15) is 4.90 Å². The van der Waals surface area contributed by atoms with E-state index in [2.05, 4.69) is 20.1 Å². The van der Waals surface area contributed by atoms with Crippen molar-refractivity contribution >= 4 is 16.0 Å². The van der Waals surface area contributed by atoms with Crippen molar-refractivity contribution < 1.29 is 8.42 Å². The van der Waals surface area contributed by atoms with Crippen LogP contribution in [0, 0.1) is 5.41 Å². The fraction of sp³-hybridized carbons (Fsp3) is 0.636. The molecule has 0 aliphatic rings. The lowest BCUT2D eigenvalue weighted by Crippen LogP contribution is -2.40. The summed E-state index contributed by atoms with van der Waals surface area (Å²) in [5, 5.41) is 0. The first kappa shape index (κ1) is 16.8. The van der Waals surface area contributed by atoms with Crippen LogP contribution < -0.4 is 16.0 Å². The van der Waals surface area contributed by atoms with Gasteiger partial charge in [-0.3, -0.25) is 5.43 Å². The maximum absolute atomic E-state index is 12.1. The molecule has 4 N–H and O–H groups in total. The highest BCUT2D eigenvalue weighted by Gasteiger charge is 2.23. The Morgan fingerprint density at radius 1 is 1.30 bits per heavy atom. The molecule has 1 heterocycles. The van der Waals surface area contributed by atoms with Crippen LogP contribution in [0.5, 0.6) is 0 Å². The number of sulfonamides is 1. The predicted octanol–water partition coefficient (Wildman–Crippen LogP) is -0.372. The van der Waals surface area contributed by atoms with Gasteiger partial charge >= 0.3 is 0 Å². The Kier molecular flexibility index (Phi) is 5.40. The summed E-state index contributed by atoms with van der Waals surface area (Å²) in [6.45, 7) is 5.08. The minimum Gasteiger partial charge on any atom is -0.309 e. The molecule has 0 fully saturated rings. The standard InChI is InChI=1S/C11H22N6O2S/c1-11(2,8-17(3)4)7-15-20(18,19)9-5-13-10(16-12)14-6-9/h5-6,15H,7-8,12H2,1-4H3,(H,13,14,16). The minimum atomic E-state index is -3.62. The highest BCUT2D eigenvalue weighted by Crippen LogP contribution is 2.16. The van der Waals surface area contributed by atoms with Gasteiger partial charge in [-0.05, 0) is 19.5 Å². The van der Waals surface area contributed by atoms with Crippen molar-refractivity contribution in [3.05, 3.63) is 12.4 Å². The molecule has 0 aromatic carbocycles. The van der Waals surface area contributed by atoms with E-state index in [4.69, 9.17) is 5.84 Å². The van der Waals surface area contributed by atoms with E-state index in [0.717, 1.165) is 6.54 Å². The number of rotatable bonds is 7. The molecule has 0 unspecified atom stereocenters. The Balaban J connectivity index is 2.74. The van der Waals surface area contributed by atoms with E-state index in [1.807, 2.05) is 32.8 Å². The number of hydrogen-bond acceptors (Lipinski definition) is 7. The molecule has 0 bridgehead atoms. The largest absolute Gasteiger partial charge is 0.309 e. The van der Waals surface area contributed by atoms with E-state index in [1.165, 1.54) is 12.4 Å². The van der Waals surface area contributed by atoms with E-state index < -0.39 is 10.0 Å². The molecule has 1 aromatic heterocycles. The lowest BCUT2D eigenvalue weighted by molar-refractivity contribution is 0.242. The molecule has 20 heavy (non-hydrogen) atoms. The number of hydrogen-bond donors (Lipinski definition) is 3. The van der Waals surface area contributed by atoms with Crippen molar-refractivity contribution in [3.63, 3.8) is 0 Å². The summed E-state index contributed by atoms with van der Waals surface area (Å²) >= 11 is 0. The van der Waals surface area contributed by atoms with Crippen molar-refractivity contribution in [2.75, 3.05) is 32.6 Å². The molecule has 0 aliphatic heterocycles. The Labute approximate surface area is 119 Å². The van der Waals surface area contributed by atoms with Crippen LogP contribution in [0.3, 0.4) is 0 Å². The molecule has 0 saturated heterocycles. The monoisotopic (exact) mass is 302 g/mol. The normalized spacial score (nSPS) is 12.7. The summed E-state index contributed by atoms with van der Waals surface area (Å²) in [4.78, 5) is 9.59. The molecule has 0 spiro atoms. The fourth-order valence-electron chi connectivity index (χ4n) is 1.82. The summed E-state index contributed by atoms with van der Waals surface area (Å²) in [7, 11) is 0.278. The topological polar surface area (TPSA) is 113 Å². The predicted molar refractivity (Wildman–Crippen MR) is 77.4 cm³/mol. The van der Waals surface area contributed by atoms with Gasteiger partial charge in [0.15, 0.2) is 0 Å². The second-order valence-electron chi connectivity index (χ2n) is 5.61. The van der Waals surface area contributed by atoms with E-state index in [9.17, 15) is 8.42 Å². The van der Waals surface area contributed by atoms with Gasteiger partial charge in [-0.1, -0.05) is 13.8 Å². The van der Waals surface area contributed by atoms with Gasteiger partial charge in [-0.2, -0.15) is 0 Å². The molecule has 1 aromatic rings. The molecular formula is C11H22N6O2S. The third kappa shape index (κ3) is 5.00. The van der Waals surface area contributed by atoms with Crippen LogP contribution in [0.2, 0.25) is 0 Å². The number of anilines is 1. The summed E-state index contributed by atoms with van der Waals surface area (Å²) in [6.07, 6.45) is 2.42. The van der Waals surface area contributed by atoms with E-state index in [0.29, 0.717) is 6.54 Å². The lowest BCUT2D eigenvalue weighted by Gasteiger charge is -2.28. The number of nitrogens with one attached hydrogen (secondary N) is 2. The Morgan fingerprint density at radius 2 is 1.85 bits per heavy atom. The number of nitrogen functional groups attached to an aromatic ring is 1. The van der Waals surface area contributed by atoms with Gasteiger partial charge in [0.2, 0.25) is 16.0 Å². The highest BCUT2D eigenvalue weighted by atomic mass is 32.2. The molecular weight excluding hydrogens is 280 g/mol. The van der Waals surface area contributed by atoms with E-state index >= 15 is 0 Å². The van der Waals surface area contributed by atoms with Gasteiger partial charge in [-0.15, -0.1) is 0 Å². The SMILES string of the molecule is CN(C)CC(C)(C)CNS(=O)(=O)c1cnc(NN)nc1. The van der Waals surface area contributed by atoms with E-state index in [-0.39, 0.29) is 16.3 Å². The average molecular weight is 302 g/mol. The smallest absolute Gasteiger partial charge is 0.243 e. The van der Waals surface area contributed by atoms with Crippen LogP contribution >= 0.6 is 0 Å². The van der Waals surface area contributed by atoms with Crippen molar-refractivity contribution in [1.82, 2.24) is 19.6 Å². The second-order valence-corrected chi connectivity index (χ2v) is 7.38. The van der Waals surface area contributed by atoms with Gasteiger partial charge < -0.3 is 4.90 Å². The van der Waals surface area contributed by atoms with Crippen LogP contribution in [0.15, 0.2) is 17.3 Å². The third-order valence-corrected chi connectivity index (χ3v) is 3.91. The fourth-order valence-corrected chi connectivity index (χ4v) is 2.95. The van der Waals surface area contributed by atoms with Crippen LogP contribution in [0.1, 0.15) is 13.8 Å². The first-order valence-electron chi connectivity index (χ1n) is 6.09. The molecule has 1 rings (SSSR count). The van der Waals surface area contributed by atoms with Gasteiger partial charge in [0, 0.05) is 13.1 Å². The van der Waals surface area contributed by atoms with Crippen molar-refractivity contribution in [1.29, 1.82) is 0 Å². The Morgan fingerprint density at radius 3 is 2.30 bits per heavy atom. The first-order chi connectivity index (χ1) is 9.16. The number of nitrogens with zero attached hydrogens (tertiary/aromatic N) is 3. The van der Waals surface area contributed by atoms with Crippen LogP contribution in [-0.2, 0) is 10.0 Å². The van der Waals surface area contributed by atoms with Crippen LogP contribution in [0.4, 0.5) is 5.95 Å². The highest BCUT2D eigenvalue weighted by molar-refractivity contribution is 7.89. The molecule has 8 nitrogen and oxygen atoms in total. The first-order valence-corrected chi connectivity index (χ1v) is 7.58. The van der Waals surface area contributed by atoms with E-state index in [1.54, 1.807) is 0 Å². The zero-order chi connectivity index (χ0) is 15.4. The third-order valence-electron chi connectivity index (χ3n) is 2.55. The van der Waals surface area contributed by atoms with Gasteiger partial charge in [0.25, 0.3) is 0 Å². The molecule has 9 heteroatoms. The lowest BCUT2D eigenvalue weighted by atomic mass is 9.93. The average Bonchev–Trinajstić information content (AvgIpc) is 2.35. The number of aromatic nitrogens is 2. The summed E-state index contributed by atoms with van der Waals surface area (Å²) in [5.41, 5.74) is 2.06. The van der Waals surface area contributed by atoms with Crippen molar-refractivity contribution in [2.45, 2.75) is 18.7 Å². The van der Waals surface area contributed by atoms with Crippen LogP contribution in [0.25, 0.3) is 0 Å². The number of hydrazine groups is 1. The van der Waals surface area contributed by atoms with Gasteiger partial charge in [0.05, 0.1) is 12.4 Å². The number of nitrogens with two attached hydrogens (primary N) is 1. The zero-order valence-electron chi connectivity index (χ0n) is 12.2. The molecule has 114 valence electrons. The van der Waals surface area contributed by atoms with Crippen molar-refractivity contribution in [2.24, 2.45) is 11.3 Å². The molecule has 0 radical (unpaired) electrons. The summed E-state index contributed by atoms with van der Waals surface area (Å²) < 4.78 is 26.8. The maximum atomic E-state index is 12.1. The molecule has 0 amide bonds. The second kappa shape index (κ2) is 6.44. The maximum Gasteiger partial charge on any atom is 0.243 e. The summed E-state index contributed by atoms with van der Waals surface area (Å²) in [5.74, 6) is 5.29. The minimum absolute atomic E-state index is 0.0113. The molecule has 0 aliphatic carbocycles. The molecule has 0 saturated carbocycles. The Hall–Kier alpha value is -1.29. The quantitative estimate of drug-likeness (QED) is 0.465. The van der Waals surface area contributed by atoms with Crippen molar-refractivity contribution in [3.8, 4) is 0 Å². The summed E-state index contributed by atoms with van der Waals surface area (Å²) in [6, 6.07) is 0. The van der Waals surface area contributed by atoms with Gasteiger partial charge in [-0.25, -0.2) is 29.0 Å². The van der Waals surface area contributed by atoms with Crippen LogP contribution in [-0.4, -0.2) is 50.5 Å².